The summed E-state index contributed by atoms with van der Waals surface area (Å²) in [4.78, 5) is 11.4. The van der Waals surface area contributed by atoms with E-state index < -0.39 is 34.8 Å². The Hall–Kier alpha value is -3.29. The normalized spacial score (nSPS) is 13.7. The van der Waals surface area contributed by atoms with Gasteiger partial charge in [0.25, 0.3) is 0 Å². The van der Waals surface area contributed by atoms with E-state index in [9.17, 15) is 27.5 Å². The molecule has 0 unspecified atom stereocenters. The second kappa shape index (κ2) is 9.02. The van der Waals surface area contributed by atoms with Crippen LogP contribution in [-0.4, -0.2) is 17.6 Å². The monoisotopic (exact) mass is 421 g/mol. The minimum Gasteiger partial charge on any atom is -0.478 e. The lowest BCUT2D eigenvalue weighted by Crippen LogP contribution is -2.13. The highest BCUT2D eigenvalue weighted by molar-refractivity contribution is 5.90. The van der Waals surface area contributed by atoms with Gasteiger partial charge >= 0.3 is 12.1 Å². The largest absolute Gasteiger partial charge is 0.478 e. The van der Waals surface area contributed by atoms with Gasteiger partial charge in [-0.05, 0) is 55.7 Å². The number of hydrogen-bond acceptors (Lipinski definition) is 3. The van der Waals surface area contributed by atoms with Gasteiger partial charge in [0.05, 0.1) is 11.3 Å². The number of alkyl halides is 3. The number of carbonyl (C=O) groups is 1. The van der Waals surface area contributed by atoms with Crippen molar-refractivity contribution < 1.29 is 32.2 Å². The maximum Gasteiger partial charge on any atom is 0.420 e. The van der Waals surface area contributed by atoms with Crippen LogP contribution in [0.1, 0.15) is 35.2 Å². The van der Waals surface area contributed by atoms with E-state index >= 15 is 0 Å². The second-order valence-electron chi connectivity index (χ2n) is 6.69. The van der Waals surface area contributed by atoms with Crippen molar-refractivity contribution in [1.29, 1.82) is 0 Å². The van der Waals surface area contributed by atoms with E-state index in [4.69, 9.17) is 4.74 Å². The van der Waals surface area contributed by atoms with Gasteiger partial charge in [-0.2, -0.15) is 13.2 Å². The summed E-state index contributed by atoms with van der Waals surface area (Å²) < 4.78 is 59.6. The zero-order valence-electron chi connectivity index (χ0n) is 15.8. The molecule has 0 atom stereocenters. The molecule has 0 saturated carbocycles. The summed E-state index contributed by atoms with van der Waals surface area (Å²) in [6, 6.07) is 6.14. The minimum atomic E-state index is -4.86. The van der Waals surface area contributed by atoms with Gasteiger partial charge in [-0.1, -0.05) is 23.8 Å². The molecule has 158 valence electrons. The van der Waals surface area contributed by atoms with Crippen molar-refractivity contribution in [3.8, 4) is 11.5 Å². The molecule has 0 heterocycles. The fourth-order valence-electron chi connectivity index (χ4n) is 3.02. The molecule has 0 spiro atoms. The molecule has 1 aliphatic carbocycles. The Morgan fingerprint density at radius 1 is 1.13 bits per heavy atom. The Morgan fingerprint density at radius 3 is 2.47 bits per heavy atom. The lowest BCUT2D eigenvalue weighted by atomic mass is 10.0. The van der Waals surface area contributed by atoms with Crippen LogP contribution in [0.25, 0.3) is 0 Å². The van der Waals surface area contributed by atoms with E-state index in [1.54, 1.807) is 0 Å². The molecule has 0 radical (unpaired) electrons. The van der Waals surface area contributed by atoms with Gasteiger partial charge in [-0.3, -0.25) is 0 Å². The van der Waals surface area contributed by atoms with E-state index in [0.717, 1.165) is 36.6 Å². The predicted molar refractivity (Wildman–Crippen MR) is 104 cm³/mol. The van der Waals surface area contributed by atoms with Crippen LogP contribution in [0.5, 0.6) is 11.5 Å². The molecule has 0 amide bonds. The quantitative estimate of drug-likeness (QED) is 0.507. The van der Waals surface area contributed by atoms with Gasteiger partial charge in [-0.15, -0.1) is 0 Å². The van der Waals surface area contributed by atoms with Crippen molar-refractivity contribution in [2.75, 3.05) is 11.9 Å². The summed E-state index contributed by atoms with van der Waals surface area (Å²) in [5, 5.41) is 12.1. The highest BCUT2D eigenvalue weighted by Crippen LogP contribution is 2.43. The predicted octanol–water partition coefficient (Wildman–Crippen LogP) is 6.41. The summed E-state index contributed by atoms with van der Waals surface area (Å²) in [6.45, 7) is 0.274. The summed E-state index contributed by atoms with van der Waals surface area (Å²) >= 11 is 0. The topological polar surface area (TPSA) is 58.6 Å². The molecular formula is C22H19F4NO3. The molecule has 0 bridgehead atoms. The molecule has 2 aromatic rings. The van der Waals surface area contributed by atoms with Gasteiger partial charge in [0.1, 0.15) is 17.1 Å². The summed E-state index contributed by atoms with van der Waals surface area (Å²) in [6.07, 6.45) is 3.56. The van der Waals surface area contributed by atoms with Crippen LogP contribution < -0.4 is 10.1 Å². The van der Waals surface area contributed by atoms with Crippen LogP contribution >= 0.6 is 0 Å². The molecule has 3 rings (SSSR count). The average Bonchev–Trinajstić information content (AvgIpc) is 2.70. The van der Waals surface area contributed by atoms with E-state index in [1.807, 2.05) is 18.2 Å². The molecule has 0 aromatic heterocycles. The molecular weight excluding hydrogens is 402 g/mol. The molecule has 8 heteroatoms. The first-order valence-corrected chi connectivity index (χ1v) is 9.25. The number of carboxylic acids is 1. The number of carboxylic acid groups (broad SMARTS) is 1. The Labute approximate surface area is 170 Å². The number of benzene rings is 2. The first-order valence-electron chi connectivity index (χ1n) is 9.25. The van der Waals surface area contributed by atoms with E-state index in [1.165, 1.54) is 12.1 Å². The van der Waals surface area contributed by atoms with Crippen molar-refractivity contribution >= 4 is 11.7 Å². The van der Waals surface area contributed by atoms with Crippen molar-refractivity contribution in [1.82, 2.24) is 0 Å². The number of nitrogens with one attached hydrogen (secondary N) is 1. The fourth-order valence-corrected chi connectivity index (χ4v) is 3.02. The lowest BCUT2D eigenvalue weighted by Gasteiger charge is -2.20. The summed E-state index contributed by atoms with van der Waals surface area (Å²) in [5.41, 5.74) is -0.814. The number of anilines is 1. The Bertz CT molecular complexity index is 979. The van der Waals surface area contributed by atoms with Gasteiger partial charge in [0.2, 0.25) is 0 Å². The van der Waals surface area contributed by atoms with E-state index in [2.05, 4.69) is 5.32 Å². The zero-order chi connectivity index (χ0) is 21.7. The Morgan fingerprint density at radius 2 is 1.87 bits per heavy atom. The first kappa shape index (κ1) is 21.4. The van der Waals surface area contributed by atoms with Crippen LogP contribution in [0.2, 0.25) is 0 Å². The zero-order valence-corrected chi connectivity index (χ0v) is 15.8. The lowest BCUT2D eigenvalue weighted by molar-refractivity contribution is -0.138. The third-order valence-corrected chi connectivity index (χ3v) is 4.48. The van der Waals surface area contributed by atoms with Crippen LogP contribution in [-0.2, 0) is 6.18 Å². The highest BCUT2D eigenvalue weighted by Gasteiger charge is 2.37. The summed E-state index contributed by atoms with van der Waals surface area (Å²) in [7, 11) is 0. The van der Waals surface area contributed by atoms with Gasteiger partial charge in [0, 0.05) is 6.54 Å². The number of aromatic carboxylic acids is 1. The number of ether oxygens (including phenoxy) is 1. The van der Waals surface area contributed by atoms with Gasteiger partial charge in [0.15, 0.2) is 5.75 Å². The van der Waals surface area contributed by atoms with E-state index in [0.29, 0.717) is 12.5 Å². The molecule has 2 aromatic carbocycles. The molecule has 1 aliphatic rings. The van der Waals surface area contributed by atoms with Gasteiger partial charge < -0.3 is 15.2 Å². The maximum absolute atomic E-state index is 13.7. The molecule has 30 heavy (non-hydrogen) atoms. The van der Waals surface area contributed by atoms with Crippen molar-refractivity contribution in [2.45, 2.75) is 25.4 Å². The van der Waals surface area contributed by atoms with E-state index in [-0.39, 0.29) is 18.0 Å². The Kier molecular flexibility index (Phi) is 6.44. The number of allylic oxidation sites excluding steroid dienone is 3. The molecule has 4 nitrogen and oxygen atoms in total. The average molecular weight is 421 g/mol. The maximum atomic E-state index is 13.7. The van der Waals surface area contributed by atoms with Crippen LogP contribution in [0.4, 0.5) is 23.2 Å². The highest BCUT2D eigenvalue weighted by atomic mass is 19.4. The third-order valence-electron chi connectivity index (χ3n) is 4.48. The Balaban J connectivity index is 1.96. The van der Waals surface area contributed by atoms with Crippen molar-refractivity contribution in [2.24, 2.45) is 0 Å². The van der Waals surface area contributed by atoms with Gasteiger partial charge in [-0.25, -0.2) is 9.18 Å². The van der Waals surface area contributed by atoms with Crippen molar-refractivity contribution in [3.63, 3.8) is 0 Å². The van der Waals surface area contributed by atoms with Crippen LogP contribution in [0.15, 0.2) is 60.2 Å². The second-order valence-corrected chi connectivity index (χ2v) is 6.69. The third kappa shape index (κ3) is 5.40. The SMILES string of the molecule is O=C(O)c1cc(NCCC2=CCCC=C2)c(Oc2ccc(F)cc2)c(C(F)(F)F)c1. The fraction of sp³-hybridized carbons (Fsp3) is 0.227. The molecule has 0 aliphatic heterocycles. The van der Waals surface area contributed by atoms with Crippen LogP contribution in [0, 0.1) is 5.82 Å². The standard InChI is InChI=1S/C22H19F4NO3/c23-16-6-8-17(9-7-16)30-20-18(22(24,25)26)12-15(21(28)29)13-19(20)27-11-10-14-4-2-1-3-5-14/h2,4-9,12-13,27H,1,3,10-11H2,(H,28,29). The van der Waals surface area contributed by atoms with Crippen molar-refractivity contribution in [3.05, 3.63) is 77.1 Å². The molecule has 2 N–H and O–H groups in total. The number of rotatable bonds is 7. The smallest absolute Gasteiger partial charge is 0.420 e. The minimum absolute atomic E-state index is 0.00838. The summed E-state index contributed by atoms with van der Waals surface area (Å²) in [5.74, 6) is -2.63. The number of halogens is 4. The molecule has 0 saturated heterocycles. The first-order chi connectivity index (χ1) is 14.2. The molecule has 0 fully saturated rings. The van der Waals surface area contributed by atoms with Crippen LogP contribution in [0.3, 0.4) is 0 Å². The number of hydrogen-bond donors (Lipinski definition) is 2.